The van der Waals surface area contributed by atoms with Crippen LogP contribution in [0, 0.1) is 6.92 Å². The van der Waals surface area contributed by atoms with Crippen molar-refractivity contribution in [3.05, 3.63) is 89.5 Å². The van der Waals surface area contributed by atoms with E-state index in [1.165, 1.54) is 5.56 Å². The van der Waals surface area contributed by atoms with E-state index in [9.17, 15) is 9.59 Å². The maximum Gasteiger partial charge on any atom is 0.265 e. The van der Waals surface area contributed by atoms with Crippen LogP contribution in [0.4, 0.5) is 11.4 Å². The van der Waals surface area contributed by atoms with E-state index in [-0.39, 0.29) is 17.2 Å². The summed E-state index contributed by atoms with van der Waals surface area (Å²) >= 11 is 0. The van der Waals surface area contributed by atoms with E-state index >= 15 is 0 Å². The number of carbonyl (C=O) groups is 2. The van der Waals surface area contributed by atoms with Crippen LogP contribution >= 0.6 is 0 Å². The molecule has 3 aromatic carbocycles. The Morgan fingerprint density at radius 1 is 0.879 bits per heavy atom. The monoisotopic (exact) mass is 444 g/mol. The lowest BCUT2D eigenvalue weighted by atomic mass is 9.87. The zero-order valence-corrected chi connectivity index (χ0v) is 19.9. The zero-order valence-electron chi connectivity index (χ0n) is 19.9. The van der Waals surface area contributed by atoms with Crippen LogP contribution in [0.25, 0.3) is 0 Å². The molecule has 0 aliphatic heterocycles. The molecule has 0 bridgehead atoms. The second-order valence-corrected chi connectivity index (χ2v) is 9.18. The predicted octanol–water partition coefficient (Wildman–Crippen LogP) is 6.34. The Kier molecular flexibility index (Phi) is 7.54. The first-order chi connectivity index (χ1) is 15.7. The Labute approximate surface area is 196 Å². The summed E-state index contributed by atoms with van der Waals surface area (Å²) in [6, 6.07) is 22.3. The molecule has 2 N–H and O–H groups in total. The first-order valence-electron chi connectivity index (χ1n) is 11.2. The number of ether oxygens (including phenoxy) is 1. The van der Waals surface area contributed by atoms with Gasteiger partial charge in [-0.15, -0.1) is 0 Å². The van der Waals surface area contributed by atoms with Gasteiger partial charge in [0.2, 0.25) is 0 Å². The van der Waals surface area contributed by atoms with Crippen molar-refractivity contribution >= 4 is 23.2 Å². The summed E-state index contributed by atoms with van der Waals surface area (Å²) in [5.41, 5.74) is 4.10. The maximum absolute atomic E-state index is 12.8. The molecule has 0 saturated heterocycles. The van der Waals surface area contributed by atoms with Gasteiger partial charge in [0.1, 0.15) is 5.75 Å². The van der Waals surface area contributed by atoms with Gasteiger partial charge in [0.05, 0.1) is 0 Å². The van der Waals surface area contributed by atoms with E-state index in [0.29, 0.717) is 29.1 Å². The minimum atomic E-state index is -0.618. The van der Waals surface area contributed by atoms with Crippen molar-refractivity contribution in [3.8, 4) is 5.75 Å². The third kappa shape index (κ3) is 6.69. The highest BCUT2D eigenvalue weighted by Crippen LogP contribution is 2.23. The van der Waals surface area contributed by atoms with Crippen LogP contribution in [0.2, 0.25) is 0 Å². The Balaban J connectivity index is 1.64. The Bertz CT molecular complexity index is 1100. The first kappa shape index (κ1) is 24.1. The summed E-state index contributed by atoms with van der Waals surface area (Å²) < 4.78 is 5.86. The average molecular weight is 445 g/mol. The van der Waals surface area contributed by atoms with Crippen LogP contribution in [-0.2, 0) is 10.2 Å². The van der Waals surface area contributed by atoms with Crippen molar-refractivity contribution in [1.82, 2.24) is 0 Å². The number of aryl methyl sites for hydroxylation is 1. The molecule has 0 saturated carbocycles. The SMILES string of the molecule is CCC(Oc1ccc(C)cc1)C(=O)Nc1cccc(NC(=O)c2ccc(C(C)(C)C)cc2)c1. The van der Waals surface area contributed by atoms with Crippen molar-refractivity contribution < 1.29 is 14.3 Å². The number of hydrogen-bond acceptors (Lipinski definition) is 3. The number of rotatable bonds is 7. The lowest BCUT2D eigenvalue weighted by Crippen LogP contribution is -2.32. The van der Waals surface area contributed by atoms with Gasteiger partial charge in [-0.1, -0.05) is 63.6 Å². The maximum atomic E-state index is 12.8. The Morgan fingerprint density at radius 3 is 2.06 bits per heavy atom. The van der Waals surface area contributed by atoms with Gasteiger partial charge in [-0.3, -0.25) is 9.59 Å². The minimum Gasteiger partial charge on any atom is -0.481 e. The van der Waals surface area contributed by atoms with E-state index in [0.717, 1.165) is 5.56 Å². The molecule has 0 fully saturated rings. The van der Waals surface area contributed by atoms with Crippen molar-refractivity contribution in [2.45, 2.75) is 52.6 Å². The topological polar surface area (TPSA) is 67.4 Å². The van der Waals surface area contributed by atoms with Crippen molar-refractivity contribution in [2.75, 3.05) is 10.6 Å². The molecule has 1 unspecified atom stereocenters. The van der Waals surface area contributed by atoms with Gasteiger partial charge in [0.15, 0.2) is 6.10 Å². The van der Waals surface area contributed by atoms with Crippen molar-refractivity contribution in [3.63, 3.8) is 0 Å². The van der Waals surface area contributed by atoms with Crippen LogP contribution in [0.3, 0.4) is 0 Å². The van der Waals surface area contributed by atoms with E-state index < -0.39 is 6.10 Å². The highest BCUT2D eigenvalue weighted by molar-refractivity contribution is 6.04. The van der Waals surface area contributed by atoms with Crippen LogP contribution in [0.15, 0.2) is 72.8 Å². The molecule has 5 heteroatoms. The average Bonchev–Trinajstić information content (AvgIpc) is 2.78. The summed E-state index contributed by atoms with van der Waals surface area (Å²) in [5, 5.41) is 5.78. The number of benzene rings is 3. The number of anilines is 2. The van der Waals surface area contributed by atoms with Crippen LogP contribution in [0.1, 0.15) is 55.6 Å². The van der Waals surface area contributed by atoms with Crippen molar-refractivity contribution in [2.24, 2.45) is 0 Å². The van der Waals surface area contributed by atoms with Gasteiger partial charge in [0, 0.05) is 16.9 Å². The quantitative estimate of drug-likeness (QED) is 0.447. The second-order valence-electron chi connectivity index (χ2n) is 9.18. The number of nitrogens with one attached hydrogen (secondary N) is 2. The molecule has 1 atom stereocenters. The lowest BCUT2D eigenvalue weighted by Gasteiger charge is -2.19. The minimum absolute atomic E-state index is 0.0288. The normalized spacial score (nSPS) is 12.0. The van der Waals surface area contributed by atoms with E-state index in [2.05, 4.69) is 31.4 Å². The summed E-state index contributed by atoms with van der Waals surface area (Å²) in [7, 11) is 0. The molecule has 33 heavy (non-hydrogen) atoms. The van der Waals surface area contributed by atoms with Gasteiger partial charge in [-0.2, -0.15) is 0 Å². The van der Waals surface area contributed by atoms with E-state index in [1.54, 1.807) is 24.3 Å². The van der Waals surface area contributed by atoms with E-state index in [1.807, 2.05) is 62.4 Å². The molecule has 0 aromatic heterocycles. The molecule has 0 heterocycles. The molecular weight excluding hydrogens is 412 g/mol. The fourth-order valence-electron chi connectivity index (χ4n) is 3.33. The summed E-state index contributed by atoms with van der Waals surface area (Å²) in [6.07, 6.45) is -0.0898. The predicted molar refractivity (Wildman–Crippen MR) is 134 cm³/mol. The van der Waals surface area contributed by atoms with E-state index in [4.69, 9.17) is 4.74 Å². The molecule has 0 aliphatic carbocycles. The fraction of sp³-hybridized carbons (Fsp3) is 0.286. The number of amides is 2. The largest absolute Gasteiger partial charge is 0.481 e. The summed E-state index contributed by atoms with van der Waals surface area (Å²) in [6.45, 7) is 10.3. The van der Waals surface area contributed by atoms with Crippen molar-refractivity contribution in [1.29, 1.82) is 0 Å². The molecule has 2 amide bonds. The zero-order chi connectivity index (χ0) is 24.0. The molecule has 5 nitrogen and oxygen atoms in total. The molecule has 3 rings (SSSR count). The number of carbonyl (C=O) groups excluding carboxylic acids is 2. The smallest absolute Gasteiger partial charge is 0.265 e. The van der Waals surface area contributed by atoms with Gasteiger partial charge >= 0.3 is 0 Å². The summed E-state index contributed by atoms with van der Waals surface area (Å²) in [5.74, 6) is 0.216. The molecular formula is C28H32N2O3. The fourth-order valence-corrected chi connectivity index (χ4v) is 3.33. The van der Waals surface area contributed by atoms with Crippen LogP contribution in [-0.4, -0.2) is 17.9 Å². The van der Waals surface area contributed by atoms with Gasteiger partial charge in [-0.25, -0.2) is 0 Å². The molecule has 172 valence electrons. The van der Waals surface area contributed by atoms with Gasteiger partial charge in [-0.05, 0) is 66.8 Å². The standard InChI is InChI=1S/C28H32N2O3/c1-6-25(33-24-16-10-19(2)11-17-24)27(32)30-23-9-7-8-22(18-23)29-26(31)20-12-14-21(15-13-20)28(3,4)5/h7-18,25H,6H2,1-5H3,(H,29,31)(H,30,32). The third-order valence-electron chi connectivity index (χ3n) is 5.36. The lowest BCUT2D eigenvalue weighted by molar-refractivity contribution is -0.122. The molecule has 3 aromatic rings. The van der Waals surface area contributed by atoms with Crippen LogP contribution in [0.5, 0.6) is 5.75 Å². The summed E-state index contributed by atoms with van der Waals surface area (Å²) in [4.78, 5) is 25.4. The number of hydrogen-bond donors (Lipinski definition) is 2. The molecule has 0 spiro atoms. The van der Waals surface area contributed by atoms with Crippen LogP contribution < -0.4 is 15.4 Å². The Morgan fingerprint density at radius 2 is 1.48 bits per heavy atom. The highest BCUT2D eigenvalue weighted by Gasteiger charge is 2.19. The highest BCUT2D eigenvalue weighted by atomic mass is 16.5. The first-order valence-corrected chi connectivity index (χ1v) is 11.2. The Hall–Kier alpha value is -3.60. The second kappa shape index (κ2) is 10.3. The molecule has 0 aliphatic rings. The molecule has 0 radical (unpaired) electrons. The van der Waals surface area contributed by atoms with Gasteiger partial charge in [0.25, 0.3) is 11.8 Å². The van der Waals surface area contributed by atoms with Gasteiger partial charge < -0.3 is 15.4 Å². The third-order valence-corrected chi connectivity index (χ3v) is 5.36.